The first kappa shape index (κ1) is 28.5. The summed E-state index contributed by atoms with van der Waals surface area (Å²) < 4.78 is 178. The lowest BCUT2D eigenvalue weighted by atomic mass is 10.1. The van der Waals surface area contributed by atoms with E-state index in [0.29, 0.717) is 16.7 Å². The number of alkyl halides is 14. The van der Waals surface area contributed by atoms with Gasteiger partial charge >= 0.3 is 47.9 Å². The molecule has 0 atom stereocenters. The highest BCUT2D eigenvalue weighted by atomic mass is 35.5. The maximum atomic E-state index is 13.4. The van der Waals surface area contributed by atoms with Gasteiger partial charge in [0.05, 0.1) is 11.4 Å². The summed E-state index contributed by atoms with van der Waals surface area (Å²) in [6, 6.07) is 0.962. The molecule has 0 spiro atoms. The van der Waals surface area contributed by atoms with Gasteiger partial charge in [-0.15, -0.1) is 0 Å². The normalized spacial score (nSPS) is 14.2. The lowest BCUT2D eigenvalue weighted by molar-refractivity contribution is -0.343. The second kappa shape index (κ2) is 8.35. The fraction of sp³-hybridized carbons (Fsp3) is 0.429. The summed E-state index contributed by atoms with van der Waals surface area (Å²) in [7, 11) is 0. The van der Waals surface area contributed by atoms with Crippen LogP contribution in [0.3, 0.4) is 0 Å². The van der Waals surface area contributed by atoms with Crippen molar-refractivity contribution in [1.29, 1.82) is 0 Å². The van der Waals surface area contributed by atoms with E-state index in [0.717, 1.165) is 0 Å². The monoisotopic (exact) mass is 534 g/mol. The van der Waals surface area contributed by atoms with Gasteiger partial charge in [-0.1, -0.05) is 11.6 Å². The number of nitrogens with one attached hydrogen (secondary N) is 2. The molecule has 0 radical (unpaired) electrons. The van der Waals surface area contributed by atoms with Gasteiger partial charge in [-0.3, -0.25) is 9.59 Å². The summed E-state index contributed by atoms with van der Waals surface area (Å²) in [5.41, 5.74) is -3.04. The lowest BCUT2D eigenvalue weighted by Crippen LogP contribution is -2.58. The molecule has 0 heterocycles. The Balaban J connectivity index is 3.35. The zero-order valence-electron chi connectivity index (χ0n) is 14.7. The fourth-order valence-electron chi connectivity index (χ4n) is 1.77. The van der Waals surface area contributed by atoms with E-state index in [1.54, 1.807) is 0 Å². The molecule has 1 aromatic rings. The van der Waals surface area contributed by atoms with E-state index in [1.165, 1.54) is 0 Å². The molecule has 0 aliphatic carbocycles. The first-order valence-corrected chi connectivity index (χ1v) is 7.86. The highest BCUT2D eigenvalue weighted by Crippen LogP contribution is 2.48. The molecule has 1 aromatic carbocycles. The second-order valence-corrected chi connectivity index (χ2v) is 6.33. The van der Waals surface area contributed by atoms with Gasteiger partial charge in [-0.2, -0.15) is 61.5 Å². The van der Waals surface area contributed by atoms with Crippen molar-refractivity contribution >= 4 is 34.8 Å². The van der Waals surface area contributed by atoms with Crippen LogP contribution in [0.1, 0.15) is 0 Å². The number of amides is 2. The standard InChI is InChI=1S/C14H5ClF14N2O2/c15-4-1-2-5(30-7(32)9(16,17)11(20,21)13(24,25)26)6(3-4)31-8(33)10(18,19)12(22,23)14(27,28)29/h1-3H,(H,30,32)(H,31,33). The summed E-state index contributed by atoms with van der Waals surface area (Å²) in [6.45, 7) is 0. The Morgan fingerprint density at radius 1 is 0.606 bits per heavy atom. The van der Waals surface area contributed by atoms with Gasteiger partial charge < -0.3 is 10.6 Å². The molecule has 2 amide bonds. The number of hydrogen-bond acceptors (Lipinski definition) is 2. The summed E-state index contributed by atoms with van der Waals surface area (Å²) >= 11 is 5.34. The molecule has 188 valence electrons. The molecule has 19 heteroatoms. The van der Waals surface area contributed by atoms with Crippen molar-refractivity contribution in [2.24, 2.45) is 0 Å². The number of rotatable bonds is 6. The van der Waals surface area contributed by atoms with Crippen molar-refractivity contribution in [2.75, 3.05) is 10.6 Å². The Labute approximate surface area is 176 Å². The van der Waals surface area contributed by atoms with E-state index >= 15 is 0 Å². The average Bonchev–Trinajstić information content (AvgIpc) is 2.61. The Morgan fingerprint density at radius 3 is 1.27 bits per heavy atom. The molecule has 0 saturated carbocycles. The van der Waals surface area contributed by atoms with Crippen molar-refractivity contribution in [3.8, 4) is 0 Å². The number of anilines is 2. The van der Waals surface area contributed by atoms with E-state index in [9.17, 15) is 71.1 Å². The van der Waals surface area contributed by atoms with E-state index < -0.39 is 64.3 Å². The summed E-state index contributed by atoms with van der Waals surface area (Å²) in [6.07, 6.45) is -13.9. The molecular weight excluding hydrogens is 530 g/mol. The molecule has 0 saturated heterocycles. The van der Waals surface area contributed by atoms with Gasteiger partial charge in [0, 0.05) is 5.02 Å². The molecule has 0 aromatic heterocycles. The van der Waals surface area contributed by atoms with Crippen LogP contribution in [-0.4, -0.2) is 47.9 Å². The van der Waals surface area contributed by atoms with Crippen LogP contribution in [-0.2, 0) is 9.59 Å². The molecule has 1 rings (SSSR count). The third-order valence-electron chi connectivity index (χ3n) is 3.55. The first-order valence-electron chi connectivity index (χ1n) is 7.48. The SMILES string of the molecule is O=C(Nc1ccc(Cl)cc1NC(=O)C(F)(F)C(F)(F)C(F)(F)F)C(F)(F)C(F)(F)C(F)(F)F. The van der Waals surface area contributed by atoms with Crippen LogP contribution >= 0.6 is 11.6 Å². The van der Waals surface area contributed by atoms with Crippen molar-refractivity contribution < 1.29 is 71.1 Å². The molecule has 33 heavy (non-hydrogen) atoms. The number of carbonyl (C=O) groups is 2. The summed E-state index contributed by atoms with van der Waals surface area (Å²) in [4.78, 5) is 22.7. The van der Waals surface area contributed by atoms with Crippen LogP contribution < -0.4 is 10.6 Å². The first-order chi connectivity index (χ1) is 14.4. The van der Waals surface area contributed by atoms with Crippen molar-refractivity contribution in [1.82, 2.24) is 0 Å². The fourth-order valence-corrected chi connectivity index (χ4v) is 1.94. The topological polar surface area (TPSA) is 58.2 Å². The molecule has 0 fully saturated rings. The number of benzene rings is 1. The highest BCUT2D eigenvalue weighted by molar-refractivity contribution is 6.31. The van der Waals surface area contributed by atoms with Gasteiger partial charge in [0.15, 0.2) is 0 Å². The van der Waals surface area contributed by atoms with Gasteiger partial charge in [0.1, 0.15) is 0 Å². The number of carbonyl (C=O) groups excluding carboxylic acids is 2. The summed E-state index contributed by atoms with van der Waals surface area (Å²) in [5, 5.41) is 0.679. The molecule has 0 bridgehead atoms. The van der Waals surface area contributed by atoms with Crippen LogP contribution in [0, 0.1) is 0 Å². The smallest absolute Gasteiger partial charge is 0.319 e. The largest absolute Gasteiger partial charge is 0.460 e. The Bertz CT molecular complexity index is 925. The van der Waals surface area contributed by atoms with Gasteiger partial charge in [0.2, 0.25) is 0 Å². The third-order valence-corrected chi connectivity index (χ3v) is 3.78. The maximum Gasteiger partial charge on any atom is 0.460 e. The number of halogens is 15. The van der Waals surface area contributed by atoms with Crippen LogP contribution in [0.2, 0.25) is 5.02 Å². The van der Waals surface area contributed by atoms with Crippen LogP contribution in [0.25, 0.3) is 0 Å². The molecule has 0 unspecified atom stereocenters. The predicted molar refractivity (Wildman–Crippen MR) is 80.6 cm³/mol. The molecular formula is C14H5ClF14N2O2. The average molecular weight is 535 g/mol. The minimum absolute atomic E-state index is 0.178. The number of hydrogen-bond donors (Lipinski definition) is 2. The molecule has 2 N–H and O–H groups in total. The zero-order valence-corrected chi connectivity index (χ0v) is 15.5. The highest BCUT2D eigenvalue weighted by Gasteiger charge is 2.77. The zero-order chi connectivity index (χ0) is 26.4. The predicted octanol–water partition coefficient (Wildman–Crippen LogP) is 5.88. The van der Waals surface area contributed by atoms with E-state index in [1.807, 2.05) is 0 Å². The van der Waals surface area contributed by atoms with E-state index in [4.69, 9.17) is 11.6 Å². The molecule has 0 aliphatic heterocycles. The van der Waals surface area contributed by atoms with Gasteiger partial charge in [0.25, 0.3) is 0 Å². The maximum absolute atomic E-state index is 13.4. The van der Waals surface area contributed by atoms with E-state index in [2.05, 4.69) is 0 Å². The van der Waals surface area contributed by atoms with Crippen molar-refractivity contribution in [3.63, 3.8) is 0 Å². The lowest BCUT2D eigenvalue weighted by Gasteiger charge is -2.28. The summed E-state index contributed by atoms with van der Waals surface area (Å²) in [5.74, 6) is -33.9. The van der Waals surface area contributed by atoms with Crippen molar-refractivity contribution in [3.05, 3.63) is 23.2 Å². The Hall–Kier alpha value is -2.53. The molecule has 0 aliphatic rings. The van der Waals surface area contributed by atoms with E-state index in [-0.39, 0.29) is 12.1 Å². The van der Waals surface area contributed by atoms with Crippen LogP contribution in [0.4, 0.5) is 72.8 Å². The Morgan fingerprint density at radius 2 is 0.939 bits per heavy atom. The Kier molecular flexibility index (Phi) is 7.22. The minimum atomic E-state index is -6.98. The minimum Gasteiger partial charge on any atom is -0.319 e. The second-order valence-electron chi connectivity index (χ2n) is 5.89. The van der Waals surface area contributed by atoms with Crippen molar-refractivity contribution in [2.45, 2.75) is 36.0 Å². The van der Waals surface area contributed by atoms with Gasteiger partial charge in [-0.05, 0) is 18.2 Å². The van der Waals surface area contributed by atoms with Crippen LogP contribution in [0.5, 0.6) is 0 Å². The third kappa shape index (κ3) is 5.03. The molecule has 4 nitrogen and oxygen atoms in total. The van der Waals surface area contributed by atoms with Gasteiger partial charge in [-0.25, -0.2) is 0 Å². The quantitative estimate of drug-likeness (QED) is 0.448. The van der Waals surface area contributed by atoms with Crippen LogP contribution in [0.15, 0.2) is 18.2 Å².